The average Bonchev–Trinajstić information content (AvgIpc) is 2.96. The Morgan fingerprint density at radius 2 is 2.11 bits per heavy atom. The fourth-order valence-corrected chi connectivity index (χ4v) is 3.39. The summed E-state index contributed by atoms with van der Waals surface area (Å²) in [5.41, 5.74) is 1.42. The molecule has 0 aliphatic carbocycles. The predicted octanol–water partition coefficient (Wildman–Crippen LogP) is 1.57. The topological polar surface area (TPSA) is 116 Å². The van der Waals surface area contributed by atoms with Crippen LogP contribution in [0.4, 0.5) is 0 Å². The van der Waals surface area contributed by atoms with Gasteiger partial charge >= 0.3 is 0 Å². The maximum Gasteiger partial charge on any atom is 0.238 e. The highest BCUT2D eigenvalue weighted by atomic mass is 32.2. The molecule has 0 saturated heterocycles. The first kappa shape index (κ1) is 21.3. The molecule has 9 heteroatoms. The number of primary sulfonamides is 1. The molecule has 0 aliphatic rings. The van der Waals surface area contributed by atoms with E-state index >= 15 is 0 Å². The van der Waals surface area contributed by atoms with Gasteiger partial charge in [-0.2, -0.15) is 0 Å². The van der Waals surface area contributed by atoms with Crippen LogP contribution < -0.4 is 10.5 Å². The molecule has 1 aromatic carbocycles. The van der Waals surface area contributed by atoms with Crippen LogP contribution in [0.25, 0.3) is 11.0 Å². The van der Waals surface area contributed by atoms with Crippen LogP contribution in [-0.2, 0) is 32.5 Å². The molecule has 0 spiro atoms. The number of aromatic nitrogens is 2. The Kier molecular flexibility index (Phi) is 7.76. The van der Waals surface area contributed by atoms with Gasteiger partial charge in [0.1, 0.15) is 5.82 Å². The second kappa shape index (κ2) is 9.82. The molecule has 3 N–H and O–H groups in total. The summed E-state index contributed by atoms with van der Waals surface area (Å²) in [5, 5.41) is 8.08. The molecule has 0 unspecified atom stereocenters. The monoisotopic (exact) mass is 396 g/mol. The minimum Gasteiger partial charge on any atom is -0.382 e. The van der Waals surface area contributed by atoms with Crippen molar-refractivity contribution in [1.29, 1.82) is 0 Å². The molecular weight excluding hydrogens is 368 g/mol. The maximum atomic E-state index is 12.0. The third-order valence-corrected chi connectivity index (χ3v) is 5.05. The van der Waals surface area contributed by atoms with E-state index in [1.54, 1.807) is 6.07 Å². The van der Waals surface area contributed by atoms with Crippen LogP contribution in [0.15, 0.2) is 23.1 Å². The zero-order chi connectivity index (χ0) is 19.9. The van der Waals surface area contributed by atoms with E-state index in [1.807, 2.05) is 11.5 Å². The number of rotatable bonds is 11. The number of imidazole rings is 1. The van der Waals surface area contributed by atoms with Crippen LogP contribution in [0.5, 0.6) is 0 Å². The van der Waals surface area contributed by atoms with Gasteiger partial charge in [-0.3, -0.25) is 4.79 Å². The van der Waals surface area contributed by atoms with Gasteiger partial charge in [-0.05, 0) is 38.0 Å². The lowest BCUT2D eigenvalue weighted by atomic mass is 10.2. The summed E-state index contributed by atoms with van der Waals surface area (Å²) in [4.78, 5) is 16.6. The quantitative estimate of drug-likeness (QED) is 0.559. The number of benzene rings is 1. The number of hydrogen-bond acceptors (Lipinski definition) is 5. The van der Waals surface area contributed by atoms with Crippen LogP contribution in [-0.4, -0.2) is 43.6 Å². The molecule has 0 bridgehead atoms. The summed E-state index contributed by atoms with van der Waals surface area (Å²) in [7, 11) is -3.78. The summed E-state index contributed by atoms with van der Waals surface area (Å²) >= 11 is 0. The molecule has 2 rings (SSSR count). The molecule has 0 radical (unpaired) electrons. The molecule has 150 valence electrons. The number of carbonyl (C=O) groups excluding carboxylic acids is 1. The minimum absolute atomic E-state index is 0.0353. The van der Waals surface area contributed by atoms with Crippen LogP contribution >= 0.6 is 0 Å². The van der Waals surface area contributed by atoms with Crippen molar-refractivity contribution in [3.05, 3.63) is 24.0 Å². The number of aryl methyl sites for hydroxylation is 2. The first-order chi connectivity index (χ1) is 12.9. The van der Waals surface area contributed by atoms with Gasteiger partial charge in [0, 0.05) is 39.1 Å². The Labute approximate surface area is 160 Å². The van der Waals surface area contributed by atoms with Gasteiger partial charge in [0.2, 0.25) is 15.9 Å². The maximum absolute atomic E-state index is 12.0. The number of nitrogens with one attached hydrogen (secondary N) is 1. The number of ether oxygens (including phenoxy) is 1. The Morgan fingerprint density at radius 3 is 2.78 bits per heavy atom. The van der Waals surface area contributed by atoms with Gasteiger partial charge in [-0.15, -0.1) is 0 Å². The lowest BCUT2D eigenvalue weighted by Gasteiger charge is -2.08. The lowest BCUT2D eigenvalue weighted by Crippen LogP contribution is -2.25. The molecule has 2 aromatic rings. The molecule has 27 heavy (non-hydrogen) atoms. The molecular formula is C18H28N4O4S. The van der Waals surface area contributed by atoms with E-state index in [1.165, 1.54) is 12.1 Å². The van der Waals surface area contributed by atoms with Crippen molar-refractivity contribution in [2.45, 2.75) is 51.0 Å². The zero-order valence-corrected chi connectivity index (χ0v) is 16.7. The van der Waals surface area contributed by atoms with Crippen molar-refractivity contribution in [3.63, 3.8) is 0 Å². The number of carbonyl (C=O) groups is 1. The Hall–Kier alpha value is -1.97. The molecule has 8 nitrogen and oxygen atoms in total. The minimum atomic E-state index is -3.78. The number of nitrogens with two attached hydrogens (primary N) is 1. The van der Waals surface area contributed by atoms with Crippen LogP contribution in [0, 0.1) is 0 Å². The van der Waals surface area contributed by atoms with Crippen LogP contribution in [0.3, 0.4) is 0 Å². The fraction of sp³-hybridized carbons (Fsp3) is 0.556. The van der Waals surface area contributed by atoms with Gasteiger partial charge in [0.15, 0.2) is 0 Å². The number of nitrogens with zero attached hydrogens (tertiary/aromatic N) is 2. The number of sulfonamides is 1. The molecule has 0 atom stereocenters. The highest BCUT2D eigenvalue weighted by molar-refractivity contribution is 7.89. The molecule has 0 fully saturated rings. The second-order valence-corrected chi connectivity index (χ2v) is 7.84. The smallest absolute Gasteiger partial charge is 0.238 e. The highest BCUT2D eigenvalue weighted by Crippen LogP contribution is 2.21. The van der Waals surface area contributed by atoms with E-state index in [4.69, 9.17) is 9.88 Å². The van der Waals surface area contributed by atoms with Crippen molar-refractivity contribution < 1.29 is 17.9 Å². The third kappa shape index (κ3) is 6.02. The van der Waals surface area contributed by atoms with Crippen LogP contribution in [0.2, 0.25) is 0 Å². The standard InChI is InChI=1S/C18H28N4O4S/c1-3-11-22-16-7-6-14(27(19,24)25)13-15(16)21-17(22)8-9-18(23)20-10-5-12-26-4-2/h6-7,13H,3-5,8-12H2,1-2H3,(H,20,23)(H2,19,24,25). The summed E-state index contributed by atoms with van der Waals surface area (Å²) < 4.78 is 30.4. The average molecular weight is 397 g/mol. The van der Waals surface area contributed by atoms with E-state index < -0.39 is 10.0 Å². The van der Waals surface area contributed by atoms with E-state index in [0.29, 0.717) is 38.1 Å². The van der Waals surface area contributed by atoms with E-state index in [0.717, 1.165) is 30.7 Å². The lowest BCUT2D eigenvalue weighted by molar-refractivity contribution is -0.121. The normalized spacial score (nSPS) is 11.8. The molecule has 1 aromatic heterocycles. The van der Waals surface area contributed by atoms with Gasteiger partial charge in [0.25, 0.3) is 0 Å². The summed E-state index contributed by atoms with van der Waals surface area (Å²) in [5.74, 6) is 0.731. The first-order valence-electron chi connectivity index (χ1n) is 9.23. The fourth-order valence-electron chi connectivity index (χ4n) is 2.86. The largest absolute Gasteiger partial charge is 0.382 e. The Morgan fingerprint density at radius 1 is 1.33 bits per heavy atom. The summed E-state index contributed by atoms with van der Waals surface area (Å²) in [6.45, 7) is 6.63. The molecule has 0 aliphatic heterocycles. The van der Waals surface area contributed by atoms with Crippen molar-refractivity contribution in [3.8, 4) is 0 Å². The molecule has 1 amide bonds. The number of fused-ring (bicyclic) bond motifs is 1. The summed E-state index contributed by atoms with van der Waals surface area (Å²) in [6, 6.07) is 4.68. The van der Waals surface area contributed by atoms with Crippen molar-refractivity contribution in [2.75, 3.05) is 19.8 Å². The predicted molar refractivity (Wildman–Crippen MR) is 104 cm³/mol. The summed E-state index contributed by atoms with van der Waals surface area (Å²) in [6.07, 6.45) is 2.49. The molecule has 0 saturated carbocycles. The van der Waals surface area contributed by atoms with E-state index in [-0.39, 0.29) is 10.8 Å². The van der Waals surface area contributed by atoms with Crippen LogP contribution in [0.1, 0.15) is 38.9 Å². The van der Waals surface area contributed by atoms with Crippen molar-refractivity contribution >= 4 is 27.0 Å². The van der Waals surface area contributed by atoms with Gasteiger partial charge < -0.3 is 14.6 Å². The van der Waals surface area contributed by atoms with Crippen molar-refractivity contribution in [1.82, 2.24) is 14.9 Å². The van der Waals surface area contributed by atoms with E-state index in [9.17, 15) is 13.2 Å². The number of amides is 1. The zero-order valence-electron chi connectivity index (χ0n) is 15.9. The second-order valence-electron chi connectivity index (χ2n) is 6.28. The van der Waals surface area contributed by atoms with Gasteiger partial charge in [0.05, 0.1) is 15.9 Å². The Balaban J connectivity index is 2.08. The Bertz CT molecular complexity index is 877. The van der Waals surface area contributed by atoms with Crippen molar-refractivity contribution in [2.24, 2.45) is 5.14 Å². The number of hydrogen-bond donors (Lipinski definition) is 2. The van der Waals surface area contributed by atoms with Gasteiger partial charge in [-0.25, -0.2) is 18.5 Å². The third-order valence-electron chi connectivity index (χ3n) is 4.14. The SMILES string of the molecule is CCCn1c(CCC(=O)NCCCOCC)nc2cc(S(N)(=O)=O)ccc21. The molecule has 1 heterocycles. The van der Waals surface area contributed by atoms with Gasteiger partial charge in [-0.1, -0.05) is 6.92 Å². The first-order valence-corrected chi connectivity index (χ1v) is 10.8. The van der Waals surface area contributed by atoms with E-state index in [2.05, 4.69) is 17.2 Å². The highest BCUT2D eigenvalue weighted by Gasteiger charge is 2.15.